The lowest BCUT2D eigenvalue weighted by molar-refractivity contribution is 0.274. The summed E-state index contributed by atoms with van der Waals surface area (Å²) in [6, 6.07) is 0. The lowest BCUT2D eigenvalue weighted by Crippen LogP contribution is -2.48. The summed E-state index contributed by atoms with van der Waals surface area (Å²) in [7, 11) is -3.31. The van der Waals surface area contributed by atoms with Crippen molar-refractivity contribution in [3.05, 3.63) is 0 Å². The summed E-state index contributed by atoms with van der Waals surface area (Å²) in [6.45, 7) is 4.54. The van der Waals surface area contributed by atoms with Crippen LogP contribution in [-0.2, 0) is 10.2 Å². The molecular weight excluding hydrogens is 262 g/mol. The second kappa shape index (κ2) is 6.08. The summed E-state index contributed by atoms with van der Waals surface area (Å²) in [5, 5.41) is 0. The second-order valence-corrected chi connectivity index (χ2v) is 8.07. The average molecular weight is 289 g/mol. The lowest BCUT2D eigenvalue weighted by atomic mass is 9.87. The van der Waals surface area contributed by atoms with Gasteiger partial charge in [0, 0.05) is 19.6 Å². The van der Waals surface area contributed by atoms with Gasteiger partial charge in [-0.25, -0.2) is 4.72 Å². The first-order valence-electron chi connectivity index (χ1n) is 7.42. The molecule has 2 rings (SSSR count). The van der Waals surface area contributed by atoms with Crippen LogP contribution in [0.1, 0.15) is 45.4 Å². The zero-order valence-electron chi connectivity index (χ0n) is 11.9. The minimum absolute atomic E-state index is 0.00382. The standard InChI is InChI=1S/C13H27N3O2S/c1-12-4-8-16(9-5-12)19(17,18)15-11-13(10-14)6-2-3-7-13/h12,15H,2-11,14H2,1H3. The fourth-order valence-electron chi connectivity index (χ4n) is 3.14. The first kappa shape index (κ1) is 15.2. The molecule has 1 saturated heterocycles. The van der Waals surface area contributed by atoms with E-state index in [4.69, 9.17) is 5.73 Å². The summed E-state index contributed by atoms with van der Waals surface area (Å²) in [6.07, 6.45) is 6.35. The van der Waals surface area contributed by atoms with Crippen LogP contribution in [0.15, 0.2) is 0 Å². The molecule has 0 unspecified atom stereocenters. The van der Waals surface area contributed by atoms with Gasteiger partial charge in [-0.05, 0) is 43.6 Å². The topological polar surface area (TPSA) is 75.4 Å². The lowest BCUT2D eigenvalue weighted by Gasteiger charge is -2.32. The highest BCUT2D eigenvalue weighted by Crippen LogP contribution is 2.36. The Morgan fingerprint density at radius 1 is 1.26 bits per heavy atom. The first-order valence-corrected chi connectivity index (χ1v) is 8.86. The maximum Gasteiger partial charge on any atom is 0.279 e. The van der Waals surface area contributed by atoms with E-state index in [-0.39, 0.29) is 5.41 Å². The van der Waals surface area contributed by atoms with E-state index in [2.05, 4.69) is 11.6 Å². The number of nitrogens with zero attached hydrogens (tertiary/aromatic N) is 1. The van der Waals surface area contributed by atoms with Gasteiger partial charge in [-0.2, -0.15) is 12.7 Å². The Labute approximate surface area is 117 Å². The summed E-state index contributed by atoms with van der Waals surface area (Å²) in [4.78, 5) is 0. The number of hydrogen-bond acceptors (Lipinski definition) is 3. The summed E-state index contributed by atoms with van der Waals surface area (Å²) >= 11 is 0. The van der Waals surface area contributed by atoms with E-state index in [1.54, 1.807) is 4.31 Å². The normalized spacial score (nSPS) is 25.8. The van der Waals surface area contributed by atoms with Gasteiger partial charge >= 0.3 is 0 Å². The highest BCUT2D eigenvalue weighted by atomic mass is 32.2. The summed E-state index contributed by atoms with van der Waals surface area (Å²) in [5.74, 6) is 0.636. The first-order chi connectivity index (χ1) is 8.97. The molecule has 3 N–H and O–H groups in total. The van der Waals surface area contributed by atoms with E-state index in [0.717, 1.165) is 25.7 Å². The minimum Gasteiger partial charge on any atom is -0.330 e. The van der Waals surface area contributed by atoms with E-state index in [0.29, 0.717) is 32.1 Å². The molecule has 0 aromatic heterocycles. The van der Waals surface area contributed by atoms with Crippen molar-refractivity contribution >= 4 is 10.2 Å². The highest BCUT2D eigenvalue weighted by Gasteiger charge is 2.35. The molecule has 1 aliphatic heterocycles. The number of piperidine rings is 1. The molecule has 0 radical (unpaired) electrons. The van der Waals surface area contributed by atoms with Crippen LogP contribution in [0, 0.1) is 11.3 Å². The monoisotopic (exact) mass is 289 g/mol. The second-order valence-electron chi connectivity index (χ2n) is 6.32. The van der Waals surface area contributed by atoms with E-state index in [9.17, 15) is 8.42 Å². The molecule has 0 bridgehead atoms. The maximum atomic E-state index is 12.3. The van der Waals surface area contributed by atoms with E-state index >= 15 is 0 Å². The van der Waals surface area contributed by atoms with E-state index in [1.165, 1.54) is 12.8 Å². The molecule has 0 aromatic carbocycles. The van der Waals surface area contributed by atoms with E-state index < -0.39 is 10.2 Å². The van der Waals surface area contributed by atoms with Gasteiger partial charge in [-0.3, -0.25) is 0 Å². The Bertz CT molecular complexity index is 383. The fourth-order valence-corrected chi connectivity index (χ4v) is 4.50. The Balaban J connectivity index is 1.90. The van der Waals surface area contributed by atoms with Crippen molar-refractivity contribution in [3.8, 4) is 0 Å². The largest absolute Gasteiger partial charge is 0.330 e. The van der Waals surface area contributed by atoms with Crippen molar-refractivity contribution < 1.29 is 8.42 Å². The van der Waals surface area contributed by atoms with Gasteiger partial charge in [-0.15, -0.1) is 0 Å². The van der Waals surface area contributed by atoms with Crippen LogP contribution >= 0.6 is 0 Å². The summed E-state index contributed by atoms with van der Waals surface area (Å²) < 4.78 is 28.9. The third-order valence-electron chi connectivity index (χ3n) is 4.81. The molecule has 2 aliphatic rings. The third kappa shape index (κ3) is 3.68. The van der Waals surface area contributed by atoms with Gasteiger partial charge in [0.25, 0.3) is 10.2 Å². The van der Waals surface area contributed by atoms with Gasteiger partial charge in [0.05, 0.1) is 0 Å². The molecular formula is C13H27N3O2S. The fraction of sp³-hybridized carbons (Fsp3) is 1.00. The van der Waals surface area contributed by atoms with Gasteiger partial charge < -0.3 is 5.73 Å². The highest BCUT2D eigenvalue weighted by molar-refractivity contribution is 7.87. The number of hydrogen-bond donors (Lipinski definition) is 2. The molecule has 1 saturated carbocycles. The number of rotatable bonds is 5. The van der Waals surface area contributed by atoms with Gasteiger partial charge in [0.1, 0.15) is 0 Å². The Kier molecular flexibility index (Phi) is 4.87. The zero-order valence-corrected chi connectivity index (χ0v) is 12.7. The van der Waals surface area contributed by atoms with Crippen LogP contribution < -0.4 is 10.5 Å². The van der Waals surface area contributed by atoms with Crippen LogP contribution in [0.25, 0.3) is 0 Å². The molecule has 2 fully saturated rings. The minimum atomic E-state index is -3.31. The predicted molar refractivity (Wildman–Crippen MR) is 76.8 cm³/mol. The van der Waals surface area contributed by atoms with E-state index in [1.807, 2.05) is 0 Å². The predicted octanol–water partition coefficient (Wildman–Crippen LogP) is 1.07. The van der Waals surface area contributed by atoms with Crippen molar-refractivity contribution in [2.24, 2.45) is 17.1 Å². The number of nitrogens with two attached hydrogens (primary N) is 1. The van der Waals surface area contributed by atoms with Crippen molar-refractivity contribution in [1.82, 2.24) is 9.03 Å². The Morgan fingerprint density at radius 3 is 2.37 bits per heavy atom. The zero-order chi connectivity index (χ0) is 13.9. The molecule has 1 heterocycles. The molecule has 0 atom stereocenters. The summed E-state index contributed by atoms with van der Waals surface area (Å²) in [5.41, 5.74) is 5.84. The van der Waals surface area contributed by atoms with Crippen LogP contribution in [0.5, 0.6) is 0 Å². The Morgan fingerprint density at radius 2 is 1.84 bits per heavy atom. The van der Waals surface area contributed by atoms with Gasteiger partial charge in [0.2, 0.25) is 0 Å². The number of nitrogens with one attached hydrogen (secondary N) is 1. The maximum absolute atomic E-state index is 12.3. The van der Waals surface area contributed by atoms with Crippen molar-refractivity contribution in [3.63, 3.8) is 0 Å². The van der Waals surface area contributed by atoms with Crippen molar-refractivity contribution in [2.75, 3.05) is 26.2 Å². The third-order valence-corrected chi connectivity index (χ3v) is 6.36. The van der Waals surface area contributed by atoms with Crippen LogP contribution in [0.4, 0.5) is 0 Å². The molecule has 5 nitrogen and oxygen atoms in total. The molecule has 19 heavy (non-hydrogen) atoms. The quantitative estimate of drug-likeness (QED) is 0.795. The molecule has 0 aromatic rings. The van der Waals surface area contributed by atoms with Crippen LogP contribution in [-0.4, -0.2) is 38.9 Å². The van der Waals surface area contributed by atoms with Crippen LogP contribution in [0.3, 0.4) is 0 Å². The smallest absolute Gasteiger partial charge is 0.279 e. The van der Waals surface area contributed by atoms with Crippen LogP contribution in [0.2, 0.25) is 0 Å². The molecule has 0 spiro atoms. The molecule has 6 heteroatoms. The average Bonchev–Trinajstić information content (AvgIpc) is 2.87. The van der Waals surface area contributed by atoms with Crippen molar-refractivity contribution in [1.29, 1.82) is 0 Å². The molecule has 0 amide bonds. The van der Waals surface area contributed by atoms with Gasteiger partial charge in [0.15, 0.2) is 0 Å². The SMILES string of the molecule is CC1CCN(S(=O)(=O)NCC2(CN)CCCC2)CC1. The Hall–Kier alpha value is -0.170. The van der Waals surface area contributed by atoms with Crippen molar-refractivity contribution in [2.45, 2.75) is 45.4 Å². The molecule has 112 valence electrons. The van der Waals surface area contributed by atoms with Gasteiger partial charge in [-0.1, -0.05) is 19.8 Å². The molecule has 1 aliphatic carbocycles.